The second-order valence-corrected chi connectivity index (χ2v) is 6.56. The summed E-state index contributed by atoms with van der Waals surface area (Å²) in [5.74, 6) is 1.45. The third-order valence-electron chi connectivity index (χ3n) is 4.11. The number of hydrogen-bond acceptors (Lipinski definition) is 7. The van der Waals surface area contributed by atoms with Crippen LogP contribution < -0.4 is 4.90 Å². The molecule has 1 amide bonds. The van der Waals surface area contributed by atoms with Gasteiger partial charge in [0, 0.05) is 32.3 Å². The van der Waals surface area contributed by atoms with Gasteiger partial charge < -0.3 is 4.52 Å². The van der Waals surface area contributed by atoms with Crippen molar-refractivity contribution >= 4 is 22.4 Å². The van der Waals surface area contributed by atoms with E-state index < -0.39 is 0 Å². The van der Waals surface area contributed by atoms with Gasteiger partial charge >= 0.3 is 0 Å². The molecule has 0 bridgehead atoms. The zero-order valence-corrected chi connectivity index (χ0v) is 14.5. The summed E-state index contributed by atoms with van der Waals surface area (Å²) in [6.07, 6.45) is 2.91. The molecule has 2 aromatic rings. The summed E-state index contributed by atoms with van der Waals surface area (Å²) in [6, 6.07) is 0.190. The van der Waals surface area contributed by atoms with Crippen LogP contribution in [0, 0.1) is 0 Å². The van der Waals surface area contributed by atoms with Crippen LogP contribution in [0.1, 0.15) is 50.1 Å². The number of carbonyl (C=O) groups excluding carboxylic acids is 1. The number of likely N-dealkylation sites (tertiary alicyclic amines) is 1. The number of amides is 1. The van der Waals surface area contributed by atoms with Crippen molar-refractivity contribution in [1.29, 1.82) is 0 Å². The van der Waals surface area contributed by atoms with Gasteiger partial charge in [-0.2, -0.15) is 4.98 Å². The van der Waals surface area contributed by atoms with Gasteiger partial charge in [-0.15, -0.1) is 11.3 Å². The van der Waals surface area contributed by atoms with E-state index in [1.807, 2.05) is 12.3 Å². The van der Waals surface area contributed by atoms with Crippen molar-refractivity contribution in [3.05, 3.63) is 22.8 Å². The molecule has 0 aromatic carbocycles. The maximum absolute atomic E-state index is 11.4. The van der Waals surface area contributed by atoms with Gasteiger partial charge in [0.15, 0.2) is 11.0 Å². The number of anilines is 1. The lowest BCUT2D eigenvalue weighted by Crippen LogP contribution is -2.24. The van der Waals surface area contributed by atoms with E-state index in [0.717, 1.165) is 49.0 Å². The number of rotatable bonds is 5. The first-order valence-electron chi connectivity index (χ1n) is 7.83. The Morgan fingerprint density at radius 1 is 1.52 bits per heavy atom. The highest BCUT2D eigenvalue weighted by atomic mass is 32.1. The number of nitrogens with zero attached hydrogens (tertiary/aromatic N) is 5. The van der Waals surface area contributed by atoms with Crippen LogP contribution in [0.15, 0.2) is 9.90 Å². The second-order valence-electron chi connectivity index (χ2n) is 5.73. The Labute approximate surface area is 139 Å². The molecule has 1 fully saturated rings. The molecule has 23 heavy (non-hydrogen) atoms. The predicted octanol–water partition coefficient (Wildman–Crippen LogP) is 2.41. The molecule has 1 saturated heterocycles. The van der Waals surface area contributed by atoms with Crippen molar-refractivity contribution in [1.82, 2.24) is 20.0 Å². The minimum atomic E-state index is -0.0103. The Balaban J connectivity index is 1.70. The van der Waals surface area contributed by atoms with E-state index in [0.29, 0.717) is 5.89 Å². The fraction of sp³-hybridized carbons (Fsp3) is 0.600. The summed E-state index contributed by atoms with van der Waals surface area (Å²) < 4.78 is 5.24. The molecule has 1 aliphatic rings. The maximum atomic E-state index is 11.4. The highest BCUT2D eigenvalue weighted by molar-refractivity contribution is 7.14. The summed E-state index contributed by atoms with van der Waals surface area (Å²) in [5.41, 5.74) is 0.976. The van der Waals surface area contributed by atoms with E-state index >= 15 is 0 Å². The van der Waals surface area contributed by atoms with Gasteiger partial charge in [0.05, 0.1) is 11.7 Å². The van der Waals surface area contributed by atoms with Crippen molar-refractivity contribution in [3.8, 4) is 0 Å². The Kier molecular flexibility index (Phi) is 4.72. The van der Waals surface area contributed by atoms with Crippen LogP contribution in [0.5, 0.6) is 0 Å². The largest absolute Gasteiger partial charge is 0.339 e. The Bertz CT molecular complexity index is 683. The molecule has 124 valence electrons. The lowest BCUT2D eigenvalue weighted by atomic mass is 10.2. The molecule has 1 atom stereocenters. The number of thiazole rings is 1. The van der Waals surface area contributed by atoms with Crippen LogP contribution in [0.2, 0.25) is 0 Å². The standard InChI is InChI=1S/C15H21N5O2S/c1-4-13-17-14(18-22-13)12-6-5-7-20(12)8-11-9-23-15(16-11)19(3)10(2)21/h9,12H,4-8H2,1-3H3. The van der Waals surface area contributed by atoms with Gasteiger partial charge in [0.1, 0.15) is 0 Å². The fourth-order valence-corrected chi connectivity index (χ4v) is 3.55. The van der Waals surface area contributed by atoms with Crippen LogP contribution in [-0.4, -0.2) is 39.5 Å². The molecule has 1 unspecified atom stereocenters. The number of carbonyl (C=O) groups is 1. The summed E-state index contributed by atoms with van der Waals surface area (Å²) in [6.45, 7) is 5.28. The molecule has 7 nitrogen and oxygen atoms in total. The first-order valence-corrected chi connectivity index (χ1v) is 8.71. The van der Waals surface area contributed by atoms with Gasteiger partial charge in [-0.25, -0.2) is 4.98 Å². The minimum Gasteiger partial charge on any atom is -0.339 e. The highest BCUT2D eigenvalue weighted by Gasteiger charge is 2.30. The van der Waals surface area contributed by atoms with Crippen LogP contribution >= 0.6 is 11.3 Å². The molecule has 0 radical (unpaired) electrons. The average molecular weight is 335 g/mol. The molecule has 3 rings (SSSR count). The topological polar surface area (TPSA) is 75.4 Å². The fourth-order valence-electron chi connectivity index (χ4n) is 2.72. The van der Waals surface area contributed by atoms with Crippen molar-refractivity contribution < 1.29 is 9.32 Å². The third kappa shape index (κ3) is 3.42. The minimum absolute atomic E-state index is 0.0103. The molecular formula is C15H21N5O2S. The summed E-state index contributed by atoms with van der Waals surface area (Å²) in [4.78, 5) is 24.4. The van der Waals surface area contributed by atoms with Crippen molar-refractivity contribution in [2.24, 2.45) is 0 Å². The highest BCUT2D eigenvalue weighted by Crippen LogP contribution is 2.32. The van der Waals surface area contributed by atoms with E-state index in [2.05, 4.69) is 20.0 Å². The van der Waals surface area contributed by atoms with Crippen LogP contribution in [-0.2, 0) is 17.8 Å². The molecule has 0 spiro atoms. The van der Waals surface area contributed by atoms with Gasteiger partial charge in [0.25, 0.3) is 0 Å². The Morgan fingerprint density at radius 2 is 2.35 bits per heavy atom. The Hall–Kier alpha value is -1.80. The van der Waals surface area contributed by atoms with Crippen LogP contribution in [0.25, 0.3) is 0 Å². The van der Waals surface area contributed by atoms with E-state index in [-0.39, 0.29) is 11.9 Å². The van der Waals surface area contributed by atoms with E-state index in [4.69, 9.17) is 4.52 Å². The quantitative estimate of drug-likeness (QED) is 0.835. The summed E-state index contributed by atoms with van der Waals surface area (Å²) >= 11 is 1.49. The van der Waals surface area contributed by atoms with Crippen molar-refractivity contribution in [3.63, 3.8) is 0 Å². The molecule has 8 heteroatoms. The second kappa shape index (κ2) is 6.76. The monoisotopic (exact) mass is 335 g/mol. The van der Waals surface area contributed by atoms with Crippen molar-refractivity contribution in [2.75, 3.05) is 18.5 Å². The van der Waals surface area contributed by atoms with E-state index in [9.17, 15) is 4.79 Å². The lowest BCUT2D eigenvalue weighted by molar-refractivity contribution is -0.116. The van der Waals surface area contributed by atoms with E-state index in [1.165, 1.54) is 11.3 Å². The number of hydrogen-bond donors (Lipinski definition) is 0. The first kappa shape index (κ1) is 16.1. The lowest BCUT2D eigenvalue weighted by Gasteiger charge is -2.20. The van der Waals surface area contributed by atoms with Gasteiger partial charge in [-0.05, 0) is 19.4 Å². The van der Waals surface area contributed by atoms with E-state index in [1.54, 1.807) is 18.9 Å². The Morgan fingerprint density at radius 3 is 3.04 bits per heavy atom. The normalized spacial score (nSPS) is 18.5. The SMILES string of the molecule is CCc1nc(C2CCCN2Cc2csc(N(C)C(C)=O)n2)no1. The number of aromatic nitrogens is 3. The maximum Gasteiger partial charge on any atom is 0.226 e. The molecule has 2 aromatic heterocycles. The molecule has 1 aliphatic heterocycles. The molecular weight excluding hydrogens is 314 g/mol. The number of aryl methyl sites for hydroxylation is 1. The molecule has 0 aliphatic carbocycles. The van der Waals surface area contributed by atoms with Crippen molar-refractivity contribution in [2.45, 2.75) is 45.7 Å². The average Bonchev–Trinajstić information content (AvgIpc) is 3.26. The first-order chi connectivity index (χ1) is 11.1. The molecule has 0 N–H and O–H groups in total. The van der Waals surface area contributed by atoms with Gasteiger partial charge in [-0.1, -0.05) is 12.1 Å². The summed E-state index contributed by atoms with van der Waals surface area (Å²) in [5, 5.41) is 6.86. The zero-order chi connectivity index (χ0) is 16.4. The molecule has 0 saturated carbocycles. The summed E-state index contributed by atoms with van der Waals surface area (Å²) in [7, 11) is 1.75. The van der Waals surface area contributed by atoms with Crippen LogP contribution in [0.3, 0.4) is 0 Å². The van der Waals surface area contributed by atoms with Gasteiger partial charge in [0.2, 0.25) is 11.8 Å². The zero-order valence-electron chi connectivity index (χ0n) is 13.7. The smallest absolute Gasteiger partial charge is 0.226 e. The van der Waals surface area contributed by atoms with Gasteiger partial charge in [-0.3, -0.25) is 14.6 Å². The third-order valence-corrected chi connectivity index (χ3v) is 5.08. The molecule has 3 heterocycles. The van der Waals surface area contributed by atoms with Crippen LogP contribution in [0.4, 0.5) is 5.13 Å². The predicted molar refractivity (Wildman–Crippen MR) is 87.3 cm³/mol.